The molecule has 0 saturated heterocycles. The molecule has 0 amide bonds. The summed E-state index contributed by atoms with van der Waals surface area (Å²) in [6, 6.07) is 11.9. The van der Waals surface area contributed by atoms with Gasteiger partial charge in [-0.05, 0) is 63.1 Å². The minimum atomic E-state index is -0.161. The van der Waals surface area contributed by atoms with E-state index in [2.05, 4.69) is 4.98 Å². The summed E-state index contributed by atoms with van der Waals surface area (Å²) in [5, 5.41) is 0. The summed E-state index contributed by atoms with van der Waals surface area (Å²) in [6.07, 6.45) is 0.159. The maximum atomic E-state index is 6.37. The van der Waals surface area contributed by atoms with Gasteiger partial charge < -0.3 is 10.5 Å². The van der Waals surface area contributed by atoms with Gasteiger partial charge in [0.2, 0.25) is 0 Å². The predicted octanol–water partition coefficient (Wildman–Crippen LogP) is 3.53. The van der Waals surface area contributed by atoms with Crippen LogP contribution in [0.15, 0.2) is 36.4 Å². The van der Waals surface area contributed by atoms with Gasteiger partial charge in [-0.2, -0.15) is 0 Å². The van der Waals surface area contributed by atoms with Crippen LogP contribution in [0.5, 0.6) is 5.75 Å². The minimum absolute atomic E-state index is 0.159. The number of benzene rings is 1. The fourth-order valence-electron chi connectivity index (χ4n) is 2.29. The Morgan fingerprint density at radius 3 is 2.25 bits per heavy atom. The summed E-state index contributed by atoms with van der Waals surface area (Å²) in [6.45, 7) is 8.01. The molecule has 1 unspecified atom stereocenters. The zero-order chi connectivity index (χ0) is 14.7. The molecule has 0 fully saturated rings. The fraction of sp³-hybridized carbons (Fsp3) is 0.353. The van der Waals surface area contributed by atoms with Crippen molar-refractivity contribution < 1.29 is 4.74 Å². The molecule has 0 saturated carbocycles. The van der Waals surface area contributed by atoms with Gasteiger partial charge in [-0.3, -0.25) is 4.98 Å². The molecule has 0 spiro atoms. The van der Waals surface area contributed by atoms with Gasteiger partial charge >= 0.3 is 0 Å². The summed E-state index contributed by atoms with van der Waals surface area (Å²) in [5.74, 6) is 0.857. The standard InChI is InChI=1S/C17H22N2O/c1-11(2)20-16-7-5-6-14(10-16)17(18)15-8-12(3)19-13(4)9-15/h5-11,17H,18H2,1-4H3. The van der Waals surface area contributed by atoms with E-state index in [4.69, 9.17) is 10.5 Å². The molecule has 1 aromatic carbocycles. The third kappa shape index (κ3) is 3.58. The van der Waals surface area contributed by atoms with Crippen LogP contribution in [0, 0.1) is 13.8 Å². The predicted molar refractivity (Wildman–Crippen MR) is 81.9 cm³/mol. The highest BCUT2D eigenvalue weighted by Crippen LogP contribution is 2.24. The van der Waals surface area contributed by atoms with Crippen LogP contribution in [0.25, 0.3) is 0 Å². The Kier molecular flexibility index (Phi) is 4.40. The number of hydrogen-bond acceptors (Lipinski definition) is 3. The van der Waals surface area contributed by atoms with Crippen molar-refractivity contribution in [2.75, 3.05) is 0 Å². The van der Waals surface area contributed by atoms with Gasteiger partial charge in [-0.25, -0.2) is 0 Å². The Balaban J connectivity index is 2.30. The molecule has 3 nitrogen and oxygen atoms in total. The Labute approximate surface area is 120 Å². The Morgan fingerprint density at radius 1 is 1.00 bits per heavy atom. The van der Waals surface area contributed by atoms with Gasteiger partial charge in [-0.15, -0.1) is 0 Å². The van der Waals surface area contributed by atoms with E-state index in [9.17, 15) is 0 Å². The molecule has 1 atom stereocenters. The van der Waals surface area contributed by atoms with E-state index in [1.165, 1.54) is 0 Å². The van der Waals surface area contributed by atoms with Gasteiger partial charge in [0.15, 0.2) is 0 Å². The second kappa shape index (κ2) is 6.06. The molecule has 0 aliphatic rings. The topological polar surface area (TPSA) is 48.1 Å². The Hall–Kier alpha value is -1.87. The lowest BCUT2D eigenvalue weighted by Crippen LogP contribution is -2.13. The molecule has 0 bridgehead atoms. The van der Waals surface area contributed by atoms with Crippen LogP contribution in [0.1, 0.15) is 42.4 Å². The third-order valence-corrected chi connectivity index (χ3v) is 3.05. The van der Waals surface area contributed by atoms with Gasteiger partial charge in [-0.1, -0.05) is 12.1 Å². The van der Waals surface area contributed by atoms with Crippen molar-refractivity contribution in [2.45, 2.75) is 39.8 Å². The van der Waals surface area contributed by atoms with Crippen LogP contribution in [-0.2, 0) is 0 Å². The molecule has 20 heavy (non-hydrogen) atoms. The van der Waals surface area contributed by atoms with E-state index in [-0.39, 0.29) is 12.1 Å². The Morgan fingerprint density at radius 2 is 1.65 bits per heavy atom. The number of hydrogen-bond donors (Lipinski definition) is 1. The van der Waals surface area contributed by atoms with E-state index in [0.717, 1.165) is 28.3 Å². The summed E-state index contributed by atoms with van der Waals surface area (Å²) in [4.78, 5) is 4.39. The molecular formula is C17H22N2O. The van der Waals surface area contributed by atoms with Crippen LogP contribution in [-0.4, -0.2) is 11.1 Å². The average molecular weight is 270 g/mol. The highest BCUT2D eigenvalue weighted by atomic mass is 16.5. The van der Waals surface area contributed by atoms with Crippen molar-refractivity contribution >= 4 is 0 Å². The van der Waals surface area contributed by atoms with Crippen LogP contribution in [0.3, 0.4) is 0 Å². The molecule has 3 heteroatoms. The van der Waals surface area contributed by atoms with E-state index >= 15 is 0 Å². The smallest absolute Gasteiger partial charge is 0.120 e. The van der Waals surface area contributed by atoms with Crippen LogP contribution < -0.4 is 10.5 Å². The lowest BCUT2D eigenvalue weighted by Gasteiger charge is -2.16. The number of pyridine rings is 1. The molecule has 2 N–H and O–H groups in total. The van der Waals surface area contributed by atoms with Gasteiger partial charge in [0.1, 0.15) is 5.75 Å². The first-order chi connectivity index (χ1) is 9.45. The van der Waals surface area contributed by atoms with E-state index in [1.54, 1.807) is 0 Å². The first-order valence-electron chi connectivity index (χ1n) is 6.93. The van der Waals surface area contributed by atoms with E-state index in [0.29, 0.717) is 0 Å². The highest BCUT2D eigenvalue weighted by molar-refractivity contribution is 5.37. The lowest BCUT2D eigenvalue weighted by atomic mass is 9.99. The number of aryl methyl sites for hydroxylation is 2. The van der Waals surface area contributed by atoms with E-state index in [1.807, 2.05) is 64.1 Å². The monoisotopic (exact) mass is 270 g/mol. The van der Waals surface area contributed by atoms with Crippen LogP contribution >= 0.6 is 0 Å². The van der Waals surface area contributed by atoms with E-state index < -0.39 is 0 Å². The quantitative estimate of drug-likeness (QED) is 0.924. The van der Waals surface area contributed by atoms with Gasteiger partial charge in [0.05, 0.1) is 12.1 Å². The number of rotatable bonds is 4. The molecule has 1 heterocycles. The molecule has 0 aliphatic carbocycles. The summed E-state index contributed by atoms with van der Waals surface area (Å²) >= 11 is 0. The normalized spacial score (nSPS) is 12.5. The maximum Gasteiger partial charge on any atom is 0.120 e. The molecule has 0 radical (unpaired) electrons. The second-order valence-corrected chi connectivity index (χ2v) is 5.40. The zero-order valence-corrected chi connectivity index (χ0v) is 12.6. The number of nitrogens with two attached hydrogens (primary N) is 1. The maximum absolute atomic E-state index is 6.37. The lowest BCUT2D eigenvalue weighted by molar-refractivity contribution is 0.242. The second-order valence-electron chi connectivity index (χ2n) is 5.40. The van der Waals surface area contributed by atoms with Crippen molar-refractivity contribution in [3.05, 3.63) is 58.9 Å². The van der Waals surface area contributed by atoms with Crippen molar-refractivity contribution in [2.24, 2.45) is 5.73 Å². The van der Waals surface area contributed by atoms with Gasteiger partial charge in [0.25, 0.3) is 0 Å². The molecule has 1 aromatic heterocycles. The number of nitrogens with zero attached hydrogens (tertiary/aromatic N) is 1. The number of ether oxygens (including phenoxy) is 1. The van der Waals surface area contributed by atoms with Crippen molar-refractivity contribution in [3.8, 4) is 5.75 Å². The van der Waals surface area contributed by atoms with Crippen molar-refractivity contribution in [3.63, 3.8) is 0 Å². The zero-order valence-electron chi connectivity index (χ0n) is 12.6. The van der Waals surface area contributed by atoms with Crippen LogP contribution in [0.2, 0.25) is 0 Å². The molecule has 106 valence electrons. The Bertz CT molecular complexity index is 573. The largest absolute Gasteiger partial charge is 0.491 e. The number of aromatic nitrogens is 1. The minimum Gasteiger partial charge on any atom is -0.491 e. The average Bonchev–Trinajstić information content (AvgIpc) is 2.36. The molecule has 2 rings (SSSR count). The first-order valence-corrected chi connectivity index (χ1v) is 6.93. The molecule has 2 aromatic rings. The summed E-state index contributed by atoms with van der Waals surface area (Å²) in [7, 11) is 0. The van der Waals surface area contributed by atoms with Crippen molar-refractivity contribution in [1.29, 1.82) is 0 Å². The summed E-state index contributed by atoms with van der Waals surface area (Å²) < 4.78 is 5.72. The van der Waals surface area contributed by atoms with Gasteiger partial charge in [0, 0.05) is 11.4 Å². The molecular weight excluding hydrogens is 248 g/mol. The summed E-state index contributed by atoms with van der Waals surface area (Å²) in [5.41, 5.74) is 10.5. The third-order valence-electron chi connectivity index (χ3n) is 3.05. The fourth-order valence-corrected chi connectivity index (χ4v) is 2.29. The van der Waals surface area contributed by atoms with Crippen LogP contribution in [0.4, 0.5) is 0 Å². The highest BCUT2D eigenvalue weighted by Gasteiger charge is 2.11. The SMILES string of the molecule is Cc1cc(C(N)c2cccc(OC(C)C)c2)cc(C)n1. The van der Waals surface area contributed by atoms with Crippen molar-refractivity contribution in [1.82, 2.24) is 4.98 Å². The molecule has 0 aliphatic heterocycles. The first kappa shape index (κ1) is 14.5.